The van der Waals surface area contributed by atoms with Gasteiger partial charge in [0.1, 0.15) is 11.5 Å². The average molecular weight is 564 g/mol. The maximum Gasteiger partial charge on any atom is 0.259 e. The highest BCUT2D eigenvalue weighted by Crippen LogP contribution is 2.30. The number of nitrogens with one attached hydrogen (secondary N) is 2. The number of aromatic nitrogens is 3. The first-order chi connectivity index (χ1) is 19.7. The number of para-hydroxylation sites is 1. The van der Waals surface area contributed by atoms with Gasteiger partial charge >= 0.3 is 0 Å². The van der Waals surface area contributed by atoms with Crippen molar-refractivity contribution in [1.82, 2.24) is 15.0 Å². The fourth-order valence-electron chi connectivity index (χ4n) is 5.24. The number of phenols is 1. The predicted octanol–water partition coefficient (Wildman–Crippen LogP) is 0.311. The zero-order chi connectivity index (χ0) is 29.1. The number of hydrogen-bond acceptors (Lipinski definition) is 13. The highest BCUT2D eigenvalue weighted by molar-refractivity contribution is 6.07. The summed E-state index contributed by atoms with van der Waals surface area (Å²) in [5.41, 5.74) is 26.0. The van der Waals surface area contributed by atoms with Crippen LogP contribution in [0.1, 0.15) is 23.2 Å². The number of benzene rings is 2. The second kappa shape index (κ2) is 12.1. The third-order valence-electron chi connectivity index (χ3n) is 7.06. The normalized spacial score (nSPS) is 22.8. The van der Waals surface area contributed by atoms with Gasteiger partial charge in [0, 0.05) is 62.1 Å². The van der Waals surface area contributed by atoms with Gasteiger partial charge in [0.2, 0.25) is 17.8 Å². The Kier molecular flexibility index (Phi) is 8.35. The summed E-state index contributed by atoms with van der Waals surface area (Å²) in [6, 6.07) is 11.2. The average Bonchev–Trinajstić information content (AvgIpc) is 2.93. The lowest BCUT2D eigenvalue weighted by atomic mass is 10.0. The van der Waals surface area contributed by atoms with Gasteiger partial charge in [0.25, 0.3) is 5.91 Å². The van der Waals surface area contributed by atoms with Crippen LogP contribution in [0.5, 0.6) is 11.5 Å². The van der Waals surface area contributed by atoms with Gasteiger partial charge in [-0.15, -0.1) is 0 Å². The molecule has 218 valence electrons. The van der Waals surface area contributed by atoms with Crippen LogP contribution in [0.2, 0.25) is 0 Å². The van der Waals surface area contributed by atoms with Crippen molar-refractivity contribution in [2.45, 2.75) is 37.0 Å². The Labute approximate surface area is 238 Å². The van der Waals surface area contributed by atoms with Crippen LogP contribution in [0.4, 0.5) is 29.2 Å². The molecule has 41 heavy (non-hydrogen) atoms. The van der Waals surface area contributed by atoms with Crippen molar-refractivity contribution >= 4 is 35.1 Å². The van der Waals surface area contributed by atoms with Gasteiger partial charge < -0.3 is 53.2 Å². The van der Waals surface area contributed by atoms with Crippen molar-refractivity contribution in [1.29, 1.82) is 0 Å². The molecule has 2 aliphatic rings. The monoisotopic (exact) mass is 563 g/mol. The maximum atomic E-state index is 12.8. The van der Waals surface area contributed by atoms with E-state index >= 15 is 0 Å². The molecule has 0 spiro atoms. The first-order valence-electron chi connectivity index (χ1n) is 13.5. The molecule has 0 bridgehead atoms. The van der Waals surface area contributed by atoms with Crippen molar-refractivity contribution in [3.8, 4) is 11.5 Å². The zero-order valence-corrected chi connectivity index (χ0v) is 22.9. The first kappa shape index (κ1) is 28.3. The molecule has 0 saturated carbocycles. The smallest absolute Gasteiger partial charge is 0.259 e. The first-order valence-corrected chi connectivity index (χ1v) is 13.5. The fraction of sp³-hybridized carbons (Fsp3) is 0.407. The van der Waals surface area contributed by atoms with Crippen LogP contribution >= 0.6 is 0 Å². The van der Waals surface area contributed by atoms with Gasteiger partial charge in [-0.2, -0.15) is 15.0 Å². The van der Waals surface area contributed by atoms with E-state index in [1.54, 1.807) is 36.4 Å². The van der Waals surface area contributed by atoms with E-state index in [9.17, 15) is 9.90 Å². The van der Waals surface area contributed by atoms with Gasteiger partial charge in [-0.3, -0.25) is 4.79 Å². The number of phenolic OH excluding ortho intramolecular Hbond substituents is 1. The van der Waals surface area contributed by atoms with E-state index in [4.69, 9.17) is 32.7 Å². The minimum Gasteiger partial charge on any atom is -0.506 e. The molecule has 11 N–H and O–H groups in total. The lowest BCUT2D eigenvalue weighted by Gasteiger charge is -2.37. The highest BCUT2D eigenvalue weighted by Gasteiger charge is 2.29. The number of piperidine rings is 2. The number of carbonyl (C=O) groups is 1. The molecule has 0 unspecified atom stereocenters. The maximum absolute atomic E-state index is 12.8. The second-order valence-electron chi connectivity index (χ2n) is 10.6. The van der Waals surface area contributed by atoms with Crippen molar-refractivity contribution in [3.05, 3.63) is 48.0 Å². The molecule has 2 aliphatic heterocycles. The molecule has 3 aromatic rings. The molecule has 0 radical (unpaired) electrons. The van der Waals surface area contributed by atoms with Crippen LogP contribution in [-0.4, -0.2) is 83.4 Å². The Morgan fingerprint density at radius 1 is 0.878 bits per heavy atom. The lowest BCUT2D eigenvalue weighted by molar-refractivity contribution is 0.102. The Morgan fingerprint density at radius 2 is 1.44 bits per heavy atom. The molecular formula is C27H37N11O3. The lowest BCUT2D eigenvalue weighted by Crippen LogP contribution is -2.54. The number of nitrogens with two attached hydrogens (primary N) is 4. The minimum absolute atomic E-state index is 0.109. The van der Waals surface area contributed by atoms with Crippen LogP contribution in [0.25, 0.3) is 0 Å². The summed E-state index contributed by atoms with van der Waals surface area (Å²) in [5.74, 6) is 0.988. The zero-order valence-electron chi connectivity index (χ0n) is 22.9. The van der Waals surface area contributed by atoms with Crippen LogP contribution in [0.15, 0.2) is 42.5 Å². The van der Waals surface area contributed by atoms with Gasteiger partial charge in [-0.25, -0.2) is 0 Å². The SMILES string of the molecule is COc1ccccc1C(=O)Nc1ccc(Nc2nc(N3C[C@H](N)C[C@H](N)C3)nc(N3C[C@H](N)C[C@H](N)C3)n2)cc1O. The predicted molar refractivity (Wildman–Crippen MR) is 158 cm³/mol. The van der Waals surface area contributed by atoms with E-state index in [-0.39, 0.29) is 41.6 Å². The number of methoxy groups -OCH3 is 1. The molecule has 0 aliphatic carbocycles. The van der Waals surface area contributed by atoms with Gasteiger partial charge in [0.15, 0.2) is 0 Å². The molecule has 4 atom stereocenters. The minimum atomic E-state index is -0.416. The Balaban J connectivity index is 1.40. The molecule has 14 heteroatoms. The molecule has 1 aromatic heterocycles. The third-order valence-corrected chi connectivity index (χ3v) is 7.06. The number of ether oxygens (including phenoxy) is 1. The molecule has 5 rings (SSSR count). The topological polar surface area (TPSA) is 220 Å². The number of hydrogen-bond donors (Lipinski definition) is 7. The van der Waals surface area contributed by atoms with E-state index < -0.39 is 5.91 Å². The van der Waals surface area contributed by atoms with E-state index in [2.05, 4.69) is 20.6 Å². The van der Waals surface area contributed by atoms with Crippen molar-refractivity contribution in [2.75, 3.05) is 53.7 Å². The quantitative estimate of drug-likeness (QED) is 0.193. The molecular weight excluding hydrogens is 526 g/mol. The van der Waals surface area contributed by atoms with Gasteiger partial charge in [-0.1, -0.05) is 12.1 Å². The largest absolute Gasteiger partial charge is 0.506 e. The summed E-state index contributed by atoms with van der Waals surface area (Å²) in [4.78, 5) is 30.7. The summed E-state index contributed by atoms with van der Waals surface area (Å²) in [6.45, 7) is 2.21. The summed E-state index contributed by atoms with van der Waals surface area (Å²) >= 11 is 0. The number of amides is 1. The van der Waals surface area contributed by atoms with Gasteiger partial charge in [0.05, 0.1) is 18.4 Å². The van der Waals surface area contributed by atoms with Gasteiger partial charge in [-0.05, 0) is 37.1 Å². The summed E-state index contributed by atoms with van der Waals surface area (Å²) in [6.07, 6.45) is 1.43. The Morgan fingerprint density at radius 3 is 1.98 bits per heavy atom. The highest BCUT2D eigenvalue weighted by atomic mass is 16.5. The number of anilines is 5. The van der Waals surface area contributed by atoms with Crippen LogP contribution < -0.4 is 48.1 Å². The van der Waals surface area contributed by atoms with E-state index in [0.29, 0.717) is 67.9 Å². The molecule has 2 saturated heterocycles. The number of rotatable bonds is 7. The van der Waals surface area contributed by atoms with E-state index in [1.165, 1.54) is 13.2 Å². The number of carbonyl (C=O) groups excluding carboxylic acids is 1. The van der Waals surface area contributed by atoms with Crippen molar-refractivity contribution in [2.24, 2.45) is 22.9 Å². The summed E-state index contributed by atoms with van der Waals surface area (Å²) < 4.78 is 5.26. The fourth-order valence-corrected chi connectivity index (χ4v) is 5.24. The van der Waals surface area contributed by atoms with Crippen molar-refractivity contribution in [3.63, 3.8) is 0 Å². The Bertz CT molecular complexity index is 1330. The number of aromatic hydroxyl groups is 1. The number of nitrogens with zero attached hydrogens (tertiary/aromatic N) is 5. The third kappa shape index (κ3) is 6.74. The van der Waals surface area contributed by atoms with E-state index in [0.717, 1.165) is 0 Å². The standard InChI is InChI=1S/C27H37N11O3/c1-41-23-5-3-2-4-20(23)24(40)33-21-7-6-19(10-22(21)39)32-25-34-26(37-11-15(28)8-16(29)12-37)36-27(35-25)38-13-17(30)9-18(31)14-38/h2-7,10,15-18,39H,8-9,11-14,28-31H2,1H3,(H,33,40)(H,32,34,35,36)/t15-,16+,17-,18+. The van der Waals surface area contributed by atoms with Crippen LogP contribution in [-0.2, 0) is 0 Å². The van der Waals surface area contributed by atoms with Crippen molar-refractivity contribution < 1.29 is 14.6 Å². The van der Waals surface area contributed by atoms with E-state index in [1.807, 2.05) is 9.80 Å². The molecule has 14 nitrogen and oxygen atoms in total. The van der Waals surface area contributed by atoms with Crippen LogP contribution in [0, 0.1) is 0 Å². The molecule has 2 fully saturated rings. The van der Waals surface area contributed by atoms with Crippen LogP contribution in [0.3, 0.4) is 0 Å². The molecule has 2 aromatic carbocycles. The summed E-state index contributed by atoms with van der Waals surface area (Å²) in [7, 11) is 1.49. The second-order valence-corrected chi connectivity index (χ2v) is 10.6. The Hall–Kier alpha value is -4.24. The molecule has 3 heterocycles. The summed E-state index contributed by atoms with van der Waals surface area (Å²) in [5, 5.41) is 16.6. The molecule has 1 amide bonds.